The smallest absolute Gasteiger partial charge is 0.211 e. The molecule has 2 aromatic rings. The second-order valence-electron chi connectivity index (χ2n) is 5.91. The zero-order valence-electron chi connectivity index (χ0n) is 13.6. The first-order chi connectivity index (χ1) is 10.7. The number of hydrogen-bond acceptors (Lipinski definition) is 2. The van der Waals surface area contributed by atoms with Gasteiger partial charge in [-0.2, -0.15) is 0 Å². The van der Waals surface area contributed by atoms with Crippen LogP contribution in [0.1, 0.15) is 66.2 Å². The molecule has 2 nitrogen and oxygen atoms in total. The molecule has 0 atom stereocenters. The second kappa shape index (κ2) is 8.47. The molecule has 1 aromatic carbocycles. The molecule has 1 heterocycles. The van der Waals surface area contributed by atoms with Crippen LogP contribution in [0.4, 0.5) is 0 Å². The highest BCUT2D eigenvalue weighted by Gasteiger charge is 2.10. The Labute approximate surface area is 133 Å². The Bertz CT molecular complexity index is 601. The first-order valence-electron chi connectivity index (χ1n) is 8.27. The normalized spacial score (nSPS) is 10.6. The average Bonchev–Trinajstić information content (AvgIpc) is 2.54. The van der Waals surface area contributed by atoms with Crippen LogP contribution in [0.3, 0.4) is 0 Å². The number of ketones is 1. The van der Waals surface area contributed by atoms with Gasteiger partial charge in [0.2, 0.25) is 5.78 Å². The molecule has 0 amide bonds. The Kier molecular flexibility index (Phi) is 6.32. The molecular formula is C20H25NO. The Hall–Kier alpha value is -1.96. The number of pyridine rings is 1. The third-order valence-electron chi connectivity index (χ3n) is 3.93. The fraction of sp³-hybridized carbons (Fsp3) is 0.400. The van der Waals surface area contributed by atoms with E-state index in [1.807, 2.05) is 31.2 Å². The Morgan fingerprint density at radius 1 is 1.00 bits per heavy atom. The van der Waals surface area contributed by atoms with Crippen molar-refractivity contribution in [2.24, 2.45) is 0 Å². The number of rotatable bonds is 8. The quantitative estimate of drug-likeness (QED) is 0.499. The minimum Gasteiger partial charge on any atom is -0.287 e. The summed E-state index contributed by atoms with van der Waals surface area (Å²) in [5, 5.41) is 0. The Morgan fingerprint density at radius 3 is 2.41 bits per heavy atom. The minimum absolute atomic E-state index is 0.00167. The summed E-state index contributed by atoms with van der Waals surface area (Å²) in [5.74, 6) is -0.00167. The monoisotopic (exact) mass is 295 g/mol. The van der Waals surface area contributed by atoms with E-state index >= 15 is 0 Å². The van der Waals surface area contributed by atoms with Gasteiger partial charge in [-0.3, -0.25) is 9.78 Å². The molecule has 1 aromatic heterocycles. The predicted molar refractivity (Wildman–Crippen MR) is 91.3 cm³/mol. The highest BCUT2D eigenvalue weighted by Crippen LogP contribution is 2.13. The molecule has 0 aliphatic carbocycles. The maximum atomic E-state index is 12.4. The SMILES string of the molecule is CCCCCCCc1ccc(C(=O)c2cc(C)ccn2)cc1. The van der Waals surface area contributed by atoms with Gasteiger partial charge in [0.05, 0.1) is 0 Å². The molecule has 0 fully saturated rings. The molecule has 0 unspecified atom stereocenters. The van der Waals surface area contributed by atoms with Crippen LogP contribution < -0.4 is 0 Å². The number of hydrogen-bond donors (Lipinski definition) is 0. The first kappa shape index (κ1) is 16.4. The van der Waals surface area contributed by atoms with E-state index in [4.69, 9.17) is 0 Å². The standard InChI is InChI=1S/C20H25NO/c1-3-4-5-6-7-8-17-9-11-18(12-10-17)20(22)19-15-16(2)13-14-21-19/h9-15H,3-8H2,1-2H3. The van der Waals surface area contributed by atoms with Crippen molar-refractivity contribution in [3.63, 3.8) is 0 Å². The summed E-state index contributed by atoms with van der Waals surface area (Å²) >= 11 is 0. The van der Waals surface area contributed by atoms with E-state index < -0.39 is 0 Å². The number of carbonyl (C=O) groups is 1. The zero-order valence-corrected chi connectivity index (χ0v) is 13.6. The van der Waals surface area contributed by atoms with Crippen molar-refractivity contribution >= 4 is 5.78 Å². The van der Waals surface area contributed by atoms with Gasteiger partial charge in [-0.15, -0.1) is 0 Å². The molecule has 2 heteroatoms. The van der Waals surface area contributed by atoms with Gasteiger partial charge in [-0.1, -0.05) is 56.9 Å². The van der Waals surface area contributed by atoms with E-state index in [1.54, 1.807) is 6.20 Å². The molecule has 22 heavy (non-hydrogen) atoms. The van der Waals surface area contributed by atoms with Crippen LogP contribution in [0.25, 0.3) is 0 Å². The van der Waals surface area contributed by atoms with Crippen LogP contribution in [0.2, 0.25) is 0 Å². The van der Waals surface area contributed by atoms with Gasteiger partial charge >= 0.3 is 0 Å². The van der Waals surface area contributed by atoms with E-state index in [0.29, 0.717) is 11.3 Å². The molecule has 0 aliphatic rings. The van der Waals surface area contributed by atoms with Crippen LogP contribution in [0.15, 0.2) is 42.6 Å². The summed E-state index contributed by atoms with van der Waals surface area (Å²) in [5.41, 5.74) is 3.60. The van der Waals surface area contributed by atoms with Crippen LogP contribution in [-0.2, 0) is 6.42 Å². The summed E-state index contributed by atoms with van der Waals surface area (Å²) < 4.78 is 0. The zero-order chi connectivity index (χ0) is 15.8. The maximum absolute atomic E-state index is 12.4. The lowest BCUT2D eigenvalue weighted by molar-refractivity contribution is 0.103. The summed E-state index contributed by atoms with van der Waals surface area (Å²) in [6, 6.07) is 11.7. The van der Waals surface area contributed by atoms with E-state index in [-0.39, 0.29) is 5.78 Å². The van der Waals surface area contributed by atoms with Crippen LogP contribution in [0, 0.1) is 6.92 Å². The molecule has 0 spiro atoms. The van der Waals surface area contributed by atoms with Crippen molar-refractivity contribution in [1.82, 2.24) is 4.98 Å². The van der Waals surface area contributed by atoms with Gasteiger partial charge < -0.3 is 0 Å². The highest BCUT2D eigenvalue weighted by atomic mass is 16.1. The topological polar surface area (TPSA) is 30.0 Å². The third-order valence-corrected chi connectivity index (χ3v) is 3.93. The van der Waals surface area contributed by atoms with Gasteiger partial charge in [-0.25, -0.2) is 0 Å². The van der Waals surface area contributed by atoms with Crippen LogP contribution in [-0.4, -0.2) is 10.8 Å². The van der Waals surface area contributed by atoms with E-state index in [1.165, 1.54) is 37.7 Å². The fourth-order valence-corrected chi connectivity index (χ4v) is 2.56. The molecule has 0 aliphatic heterocycles. The molecule has 0 saturated carbocycles. The van der Waals surface area contributed by atoms with Gasteiger partial charge in [0.25, 0.3) is 0 Å². The molecule has 2 rings (SSSR count). The lowest BCUT2D eigenvalue weighted by Gasteiger charge is -2.04. The Balaban J connectivity index is 1.92. The number of nitrogens with zero attached hydrogens (tertiary/aromatic N) is 1. The van der Waals surface area contributed by atoms with Crippen LogP contribution in [0.5, 0.6) is 0 Å². The van der Waals surface area contributed by atoms with Crippen molar-refractivity contribution in [3.05, 3.63) is 65.0 Å². The predicted octanol–water partition coefficient (Wildman–Crippen LogP) is 5.13. The van der Waals surface area contributed by atoms with E-state index in [2.05, 4.69) is 24.0 Å². The average molecular weight is 295 g/mol. The van der Waals surface area contributed by atoms with Crippen molar-refractivity contribution in [1.29, 1.82) is 0 Å². The molecule has 0 N–H and O–H groups in total. The van der Waals surface area contributed by atoms with Crippen LogP contribution >= 0.6 is 0 Å². The molecule has 0 radical (unpaired) electrons. The number of aryl methyl sites for hydroxylation is 2. The second-order valence-corrected chi connectivity index (χ2v) is 5.91. The minimum atomic E-state index is -0.00167. The number of benzene rings is 1. The summed E-state index contributed by atoms with van der Waals surface area (Å²) in [7, 11) is 0. The summed E-state index contributed by atoms with van der Waals surface area (Å²) in [4.78, 5) is 16.5. The lowest BCUT2D eigenvalue weighted by atomic mass is 10.0. The maximum Gasteiger partial charge on any atom is 0.211 e. The van der Waals surface area contributed by atoms with Crippen molar-refractivity contribution in [2.75, 3.05) is 0 Å². The van der Waals surface area contributed by atoms with E-state index in [0.717, 1.165) is 12.0 Å². The van der Waals surface area contributed by atoms with Gasteiger partial charge in [0, 0.05) is 11.8 Å². The summed E-state index contributed by atoms with van der Waals surface area (Å²) in [6.07, 6.45) is 9.25. The molecule has 116 valence electrons. The number of carbonyl (C=O) groups excluding carboxylic acids is 1. The summed E-state index contributed by atoms with van der Waals surface area (Å²) in [6.45, 7) is 4.21. The van der Waals surface area contributed by atoms with Crippen molar-refractivity contribution in [3.8, 4) is 0 Å². The van der Waals surface area contributed by atoms with Gasteiger partial charge in [-0.05, 0) is 43.0 Å². The lowest BCUT2D eigenvalue weighted by Crippen LogP contribution is -2.04. The van der Waals surface area contributed by atoms with Crippen molar-refractivity contribution in [2.45, 2.75) is 52.4 Å². The fourth-order valence-electron chi connectivity index (χ4n) is 2.56. The van der Waals surface area contributed by atoms with Gasteiger partial charge in [0.1, 0.15) is 5.69 Å². The van der Waals surface area contributed by atoms with Gasteiger partial charge in [0.15, 0.2) is 0 Å². The first-order valence-corrected chi connectivity index (χ1v) is 8.27. The molecule has 0 bridgehead atoms. The third kappa shape index (κ3) is 4.80. The van der Waals surface area contributed by atoms with E-state index in [9.17, 15) is 4.79 Å². The number of aromatic nitrogens is 1. The highest BCUT2D eigenvalue weighted by molar-refractivity contribution is 6.07. The Morgan fingerprint density at radius 2 is 1.73 bits per heavy atom. The largest absolute Gasteiger partial charge is 0.287 e. The number of unbranched alkanes of at least 4 members (excludes halogenated alkanes) is 4. The van der Waals surface area contributed by atoms with Crippen molar-refractivity contribution < 1.29 is 4.79 Å². The molecular weight excluding hydrogens is 270 g/mol. The molecule has 0 saturated heterocycles.